The molecule has 0 atom stereocenters. The Morgan fingerprint density at radius 2 is 1.61 bits per heavy atom. The lowest BCUT2D eigenvalue weighted by Crippen LogP contribution is -2.12. The molecule has 2 aromatic carbocycles. The monoisotopic (exact) mass is 421 g/mol. The Kier molecular flexibility index (Phi) is 5.39. The highest BCUT2D eigenvalue weighted by Crippen LogP contribution is 2.26. The van der Waals surface area contributed by atoms with Crippen LogP contribution in [0.5, 0.6) is 0 Å². The number of hydrogen-bond acceptors (Lipinski definition) is 6. The minimum absolute atomic E-state index is 0.0255. The van der Waals surface area contributed by atoms with Crippen molar-refractivity contribution in [1.82, 2.24) is 9.78 Å². The first-order valence-corrected chi connectivity index (χ1v) is 11.3. The number of sulfonamides is 1. The SMILES string of the molecule is COS(=O)(=O)Cc1cc(-c2ccc(C)cc2)n(-c2ccc(S(N)(=O)=O)cc2)n1. The molecule has 10 heteroatoms. The van der Waals surface area contributed by atoms with E-state index in [0.717, 1.165) is 18.2 Å². The van der Waals surface area contributed by atoms with Crippen LogP contribution < -0.4 is 5.14 Å². The second-order valence-electron chi connectivity index (χ2n) is 6.21. The highest BCUT2D eigenvalue weighted by Gasteiger charge is 2.18. The summed E-state index contributed by atoms with van der Waals surface area (Å²) in [4.78, 5) is -0.0255. The highest BCUT2D eigenvalue weighted by atomic mass is 32.2. The fourth-order valence-corrected chi connectivity index (χ4v) is 3.78. The van der Waals surface area contributed by atoms with Crippen LogP contribution in [0.15, 0.2) is 59.5 Å². The third-order valence-corrected chi connectivity index (χ3v) is 6.18. The van der Waals surface area contributed by atoms with Crippen LogP contribution in [0.4, 0.5) is 0 Å². The van der Waals surface area contributed by atoms with E-state index in [-0.39, 0.29) is 10.6 Å². The van der Waals surface area contributed by atoms with Crippen LogP contribution >= 0.6 is 0 Å². The molecule has 2 N–H and O–H groups in total. The van der Waals surface area contributed by atoms with Crippen LogP contribution in [-0.4, -0.2) is 33.7 Å². The summed E-state index contributed by atoms with van der Waals surface area (Å²) in [6, 6.07) is 15.2. The normalized spacial score (nSPS) is 12.2. The van der Waals surface area contributed by atoms with Crippen LogP contribution in [-0.2, 0) is 30.1 Å². The van der Waals surface area contributed by atoms with Crippen molar-refractivity contribution < 1.29 is 21.0 Å². The fourth-order valence-electron chi connectivity index (χ4n) is 2.64. The molecule has 148 valence electrons. The summed E-state index contributed by atoms with van der Waals surface area (Å²) in [6.45, 7) is 1.96. The molecule has 3 aromatic rings. The maximum Gasteiger partial charge on any atom is 0.272 e. The van der Waals surface area contributed by atoms with Gasteiger partial charge in [-0.1, -0.05) is 29.8 Å². The Morgan fingerprint density at radius 3 is 2.14 bits per heavy atom. The molecule has 0 fully saturated rings. The van der Waals surface area contributed by atoms with Gasteiger partial charge in [0.1, 0.15) is 5.75 Å². The summed E-state index contributed by atoms with van der Waals surface area (Å²) in [5.74, 6) is -0.384. The molecule has 0 spiro atoms. The smallest absolute Gasteiger partial charge is 0.272 e. The van der Waals surface area contributed by atoms with E-state index in [1.165, 1.54) is 12.1 Å². The molecule has 0 aliphatic carbocycles. The molecule has 0 saturated heterocycles. The lowest BCUT2D eigenvalue weighted by atomic mass is 10.1. The number of hydrogen-bond donors (Lipinski definition) is 1. The van der Waals surface area contributed by atoms with Gasteiger partial charge < -0.3 is 0 Å². The quantitative estimate of drug-likeness (QED) is 0.607. The molecule has 0 bridgehead atoms. The summed E-state index contributed by atoms with van der Waals surface area (Å²) in [5, 5.41) is 9.52. The van der Waals surface area contributed by atoms with Crippen molar-refractivity contribution in [3.8, 4) is 16.9 Å². The summed E-state index contributed by atoms with van der Waals surface area (Å²) >= 11 is 0. The zero-order valence-electron chi connectivity index (χ0n) is 15.2. The van der Waals surface area contributed by atoms with Crippen molar-refractivity contribution in [1.29, 1.82) is 0 Å². The Bertz CT molecular complexity index is 1200. The molecule has 0 aliphatic rings. The summed E-state index contributed by atoms with van der Waals surface area (Å²) in [7, 11) is -6.46. The minimum Gasteiger partial charge on any atom is -0.273 e. The van der Waals surface area contributed by atoms with Crippen molar-refractivity contribution in [2.45, 2.75) is 17.6 Å². The lowest BCUT2D eigenvalue weighted by molar-refractivity contribution is 0.396. The van der Waals surface area contributed by atoms with Gasteiger partial charge in [-0.3, -0.25) is 4.18 Å². The molecule has 0 aliphatic heterocycles. The molecule has 1 aromatic heterocycles. The number of aromatic nitrogens is 2. The Hall–Kier alpha value is -2.53. The van der Waals surface area contributed by atoms with Gasteiger partial charge in [0.05, 0.1) is 29.1 Å². The first-order chi connectivity index (χ1) is 13.1. The van der Waals surface area contributed by atoms with Crippen LogP contribution in [0, 0.1) is 6.92 Å². The van der Waals surface area contributed by atoms with Crippen LogP contribution in [0.25, 0.3) is 16.9 Å². The van der Waals surface area contributed by atoms with E-state index in [1.807, 2.05) is 31.2 Å². The molecule has 3 rings (SSSR count). The van der Waals surface area contributed by atoms with Crippen LogP contribution in [0.3, 0.4) is 0 Å². The molecular weight excluding hydrogens is 402 g/mol. The number of nitrogens with zero attached hydrogens (tertiary/aromatic N) is 2. The first-order valence-electron chi connectivity index (χ1n) is 8.16. The predicted molar refractivity (Wildman–Crippen MR) is 105 cm³/mol. The van der Waals surface area contributed by atoms with E-state index in [1.54, 1.807) is 22.9 Å². The molecule has 0 radical (unpaired) electrons. The topological polar surface area (TPSA) is 121 Å². The number of primary sulfonamides is 1. The molecule has 0 amide bonds. The number of rotatable bonds is 6. The van der Waals surface area contributed by atoms with Gasteiger partial charge in [0.25, 0.3) is 10.1 Å². The van der Waals surface area contributed by atoms with E-state index < -0.39 is 20.1 Å². The summed E-state index contributed by atoms with van der Waals surface area (Å²) < 4.78 is 52.6. The molecule has 0 saturated carbocycles. The van der Waals surface area contributed by atoms with Crippen LogP contribution in [0.1, 0.15) is 11.3 Å². The Morgan fingerprint density at radius 1 is 1.00 bits per heavy atom. The number of aryl methyl sites for hydroxylation is 1. The van der Waals surface area contributed by atoms with E-state index >= 15 is 0 Å². The third-order valence-electron chi connectivity index (χ3n) is 4.10. The number of nitrogens with two attached hydrogens (primary N) is 1. The lowest BCUT2D eigenvalue weighted by Gasteiger charge is -2.09. The highest BCUT2D eigenvalue weighted by molar-refractivity contribution is 7.89. The number of benzene rings is 2. The zero-order chi connectivity index (χ0) is 20.5. The minimum atomic E-state index is -3.82. The van der Waals surface area contributed by atoms with Crippen molar-refractivity contribution in [2.24, 2.45) is 5.14 Å². The third kappa shape index (κ3) is 4.47. The van der Waals surface area contributed by atoms with Gasteiger partial charge in [0.2, 0.25) is 10.0 Å². The average Bonchev–Trinajstić information content (AvgIpc) is 3.05. The molecule has 8 nitrogen and oxygen atoms in total. The first kappa shape index (κ1) is 20.2. The largest absolute Gasteiger partial charge is 0.273 e. The van der Waals surface area contributed by atoms with Gasteiger partial charge in [-0.05, 0) is 37.3 Å². The Balaban J connectivity index is 2.12. The molecule has 28 heavy (non-hydrogen) atoms. The van der Waals surface area contributed by atoms with Gasteiger partial charge in [-0.2, -0.15) is 13.5 Å². The van der Waals surface area contributed by atoms with E-state index in [9.17, 15) is 16.8 Å². The average molecular weight is 422 g/mol. The van der Waals surface area contributed by atoms with E-state index in [2.05, 4.69) is 9.28 Å². The van der Waals surface area contributed by atoms with Crippen LogP contribution in [0.2, 0.25) is 0 Å². The molecular formula is C18H19N3O5S2. The second-order valence-corrected chi connectivity index (χ2v) is 9.51. The van der Waals surface area contributed by atoms with Gasteiger partial charge >= 0.3 is 0 Å². The van der Waals surface area contributed by atoms with E-state index in [0.29, 0.717) is 17.1 Å². The second kappa shape index (κ2) is 7.47. The summed E-state index contributed by atoms with van der Waals surface area (Å²) in [5.41, 5.74) is 3.42. The summed E-state index contributed by atoms with van der Waals surface area (Å²) in [6.07, 6.45) is 0. The van der Waals surface area contributed by atoms with Crippen molar-refractivity contribution in [3.05, 3.63) is 65.9 Å². The van der Waals surface area contributed by atoms with Gasteiger partial charge in [-0.15, -0.1) is 0 Å². The van der Waals surface area contributed by atoms with E-state index in [4.69, 9.17) is 5.14 Å². The van der Waals surface area contributed by atoms with Crippen molar-refractivity contribution in [3.63, 3.8) is 0 Å². The standard InChI is InChI=1S/C18H19N3O5S2/c1-13-3-5-14(6-4-13)18-11-15(12-27(22,23)26-2)20-21(18)16-7-9-17(10-8-16)28(19,24)25/h3-11H,12H2,1-2H3,(H2,19,24,25). The van der Waals surface area contributed by atoms with Crippen molar-refractivity contribution >= 4 is 20.1 Å². The molecule has 0 unspecified atom stereocenters. The van der Waals surface area contributed by atoms with Gasteiger partial charge in [0.15, 0.2) is 0 Å². The maximum atomic E-state index is 11.8. The van der Waals surface area contributed by atoms with Gasteiger partial charge in [0, 0.05) is 5.56 Å². The fraction of sp³-hybridized carbons (Fsp3) is 0.167. The van der Waals surface area contributed by atoms with Gasteiger partial charge in [-0.25, -0.2) is 18.2 Å². The van der Waals surface area contributed by atoms with Crippen molar-refractivity contribution in [2.75, 3.05) is 7.11 Å². The Labute approximate surface area is 163 Å². The maximum absolute atomic E-state index is 11.8. The molecule has 1 heterocycles. The zero-order valence-corrected chi connectivity index (χ0v) is 16.9. The predicted octanol–water partition coefficient (Wildman–Crippen LogP) is 1.97.